The van der Waals surface area contributed by atoms with Crippen LogP contribution in [0.3, 0.4) is 0 Å². The Morgan fingerprint density at radius 2 is 1.95 bits per heavy atom. The molecule has 0 radical (unpaired) electrons. The maximum atomic E-state index is 4.38. The van der Waals surface area contributed by atoms with Crippen molar-refractivity contribution in [3.63, 3.8) is 0 Å². The van der Waals surface area contributed by atoms with E-state index in [1.54, 1.807) is 11.8 Å². The molecule has 0 aromatic carbocycles. The number of hydrogen-bond donors (Lipinski definition) is 1. The summed E-state index contributed by atoms with van der Waals surface area (Å²) in [6, 6.07) is 0.611. The van der Waals surface area contributed by atoms with Crippen LogP contribution in [0, 0.1) is 12.8 Å². The van der Waals surface area contributed by atoms with Crippen molar-refractivity contribution in [1.29, 1.82) is 0 Å². The number of thioether (sulfide) groups is 1. The van der Waals surface area contributed by atoms with Gasteiger partial charge in [0.05, 0.1) is 0 Å². The van der Waals surface area contributed by atoms with Gasteiger partial charge in [0.15, 0.2) is 5.16 Å². The van der Waals surface area contributed by atoms with Gasteiger partial charge in [0.25, 0.3) is 0 Å². The first-order valence-corrected chi connectivity index (χ1v) is 8.43. The Morgan fingerprint density at radius 1 is 1.26 bits per heavy atom. The number of rotatable bonds is 6. The van der Waals surface area contributed by atoms with Gasteiger partial charge < -0.3 is 5.32 Å². The molecule has 1 atom stereocenters. The lowest BCUT2D eigenvalue weighted by Crippen LogP contribution is -2.39. The standard InChI is InChI=1S/C15H25N3S/c1-3-16-14(13-7-5-4-6-8-13)11-19-15-17-9-12(2)10-18-15/h9-10,13-14,16H,3-8,11H2,1-2H3. The second-order valence-electron chi connectivity index (χ2n) is 5.42. The Morgan fingerprint density at radius 3 is 2.58 bits per heavy atom. The molecular weight excluding hydrogens is 254 g/mol. The van der Waals surface area contributed by atoms with E-state index < -0.39 is 0 Å². The van der Waals surface area contributed by atoms with Crippen molar-refractivity contribution in [3.8, 4) is 0 Å². The van der Waals surface area contributed by atoms with Gasteiger partial charge in [0, 0.05) is 24.2 Å². The fraction of sp³-hybridized carbons (Fsp3) is 0.733. The molecule has 0 saturated heterocycles. The summed E-state index contributed by atoms with van der Waals surface area (Å²) in [5.41, 5.74) is 1.12. The van der Waals surface area contributed by atoms with Crippen LogP contribution in [0.2, 0.25) is 0 Å². The first-order chi connectivity index (χ1) is 9.29. The van der Waals surface area contributed by atoms with Gasteiger partial charge >= 0.3 is 0 Å². The molecule has 1 saturated carbocycles. The third kappa shape index (κ3) is 4.77. The molecule has 1 aliphatic carbocycles. The quantitative estimate of drug-likeness (QED) is 0.639. The zero-order chi connectivity index (χ0) is 13.5. The summed E-state index contributed by atoms with van der Waals surface area (Å²) < 4.78 is 0. The van der Waals surface area contributed by atoms with Crippen LogP contribution in [-0.4, -0.2) is 28.3 Å². The smallest absolute Gasteiger partial charge is 0.187 e. The second kappa shape index (κ2) is 7.85. The lowest BCUT2D eigenvalue weighted by atomic mass is 9.84. The number of hydrogen-bond acceptors (Lipinski definition) is 4. The summed E-state index contributed by atoms with van der Waals surface area (Å²) in [5.74, 6) is 1.92. The zero-order valence-electron chi connectivity index (χ0n) is 12.1. The molecule has 4 heteroatoms. The molecule has 1 aliphatic rings. The Kier molecular flexibility index (Phi) is 6.11. The van der Waals surface area contributed by atoms with E-state index in [9.17, 15) is 0 Å². The lowest BCUT2D eigenvalue weighted by molar-refractivity contribution is 0.288. The van der Waals surface area contributed by atoms with Crippen molar-refractivity contribution >= 4 is 11.8 Å². The number of nitrogens with zero attached hydrogens (tertiary/aromatic N) is 2. The van der Waals surface area contributed by atoms with Crippen molar-refractivity contribution in [2.24, 2.45) is 5.92 Å². The van der Waals surface area contributed by atoms with E-state index in [1.807, 2.05) is 19.3 Å². The van der Waals surface area contributed by atoms with Crippen molar-refractivity contribution in [2.45, 2.75) is 57.1 Å². The van der Waals surface area contributed by atoms with Gasteiger partial charge in [-0.1, -0.05) is 37.9 Å². The van der Waals surface area contributed by atoms with Crippen molar-refractivity contribution in [1.82, 2.24) is 15.3 Å². The predicted octanol–water partition coefficient (Wildman–Crippen LogP) is 3.44. The molecule has 19 heavy (non-hydrogen) atoms. The fourth-order valence-corrected chi connectivity index (χ4v) is 3.75. The van der Waals surface area contributed by atoms with Gasteiger partial charge in [-0.05, 0) is 37.8 Å². The molecule has 0 aliphatic heterocycles. The maximum Gasteiger partial charge on any atom is 0.187 e. The van der Waals surface area contributed by atoms with Crippen LogP contribution >= 0.6 is 11.8 Å². The average molecular weight is 279 g/mol. The van der Waals surface area contributed by atoms with Crippen molar-refractivity contribution in [2.75, 3.05) is 12.3 Å². The zero-order valence-corrected chi connectivity index (χ0v) is 12.9. The van der Waals surface area contributed by atoms with Crippen LogP contribution in [0.1, 0.15) is 44.6 Å². The fourth-order valence-electron chi connectivity index (χ4n) is 2.78. The SMILES string of the molecule is CCNC(CSc1ncc(C)cn1)C1CCCCC1. The summed E-state index contributed by atoms with van der Waals surface area (Å²) in [4.78, 5) is 8.76. The normalized spacial score (nSPS) is 18.4. The number of aromatic nitrogens is 2. The molecule has 1 aromatic heterocycles. The van der Waals surface area contributed by atoms with E-state index in [-0.39, 0.29) is 0 Å². The average Bonchev–Trinajstić information content (AvgIpc) is 2.46. The minimum absolute atomic E-state index is 0.611. The minimum Gasteiger partial charge on any atom is -0.313 e. The molecular formula is C15H25N3S. The van der Waals surface area contributed by atoms with E-state index in [0.29, 0.717) is 6.04 Å². The third-order valence-corrected chi connectivity index (χ3v) is 4.83. The van der Waals surface area contributed by atoms with Crippen LogP contribution in [-0.2, 0) is 0 Å². The van der Waals surface area contributed by atoms with E-state index >= 15 is 0 Å². The van der Waals surface area contributed by atoms with Crippen LogP contribution in [0.25, 0.3) is 0 Å². The third-order valence-electron chi connectivity index (χ3n) is 3.83. The van der Waals surface area contributed by atoms with Crippen LogP contribution < -0.4 is 5.32 Å². The molecule has 3 nitrogen and oxygen atoms in total. The van der Waals surface area contributed by atoms with E-state index in [1.165, 1.54) is 32.1 Å². The lowest BCUT2D eigenvalue weighted by Gasteiger charge is -2.30. The summed E-state index contributed by atoms with van der Waals surface area (Å²) in [5, 5.41) is 4.56. The molecule has 1 fully saturated rings. The Hall–Kier alpha value is -0.610. The molecule has 106 valence electrons. The van der Waals surface area contributed by atoms with Gasteiger partial charge in [-0.15, -0.1) is 0 Å². The highest BCUT2D eigenvalue weighted by atomic mass is 32.2. The summed E-state index contributed by atoms with van der Waals surface area (Å²) in [6.07, 6.45) is 10.8. The Labute approximate surface area is 121 Å². The summed E-state index contributed by atoms with van der Waals surface area (Å²) in [6.45, 7) is 5.28. The summed E-state index contributed by atoms with van der Waals surface area (Å²) >= 11 is 1.79. The highest BCUT2D eigenvalue weighted by Crippen LogP contribution is 2.28. The van der Waals surface area contributed by atoms with Gasteiger partial charge in [-0.25, -0.2) is 9.97 Å². The van der Waals surface area contributed by atoms with E-state index in [0.717, 1.165) is 28.9 Å². The van der Waals surface area contributed by atoms with Crippen LogP contribution in [0.5, 0.6) is 0 Å². The van der Waals surface area contributed by atoms with Gasteiger partial charge in [0.1, 0.15) is 0 Å². The molecule has 1 N–H and O–H groups in total. The van der Waals surface area contributed by atoms with E-state index in [4.69, 9.17) is 0 Å². The monoisotopic (exact) mass is 279 g/mol. The highest BCUT2D eigenvalue weighted by Gasteiger charge is 2.23. The molecule has 1 unspecified atom stereocenters. The van der Waals surface area contributed by atoms with E-state index in [2.05, 4.69) is 22.2 Å². The topological polar surface area (TPSA) is 37.8 Å². The largest absolute Gasteiger partial charge is 0.313 e. The molecule has 2 rings (SSSR count). The predicted molar refractivity (Wildman–Crippen MR) is 81.5 cm³/mol. The van der Waals surface area contributed by atoms with Crippen LogP contribution in [0.15, 0.2) is 17.6 Å². The van der Waals surface area contributed by atoms with Crippen molar-refractivity contribution in [3.05, 3.63) is 18.0 Å². The molecule has 0 bridgehead atoms. The molecule has 0 amide bonds. The van der Waals surface area contributed by atoms with Crippen LogP contribution in [0.4, 0.5) is 0 Å². The maximum absolute atomic E-state index is 4.38. The molecule has 1 aromatic rings. The summed E-state index contributed by atoms with van der Waals surface area (Å²) in [7, 11) is 0. The Balaban J connectivity index is 1.87. The highest BCUT2D eigenvalue weighted by molar-refractivity contribution is 7.99. The van der Waals surface area contributed by atoms with Gasteiger partial charge in [-0.2, -0.15) is 0 Å². The second-order valence-corrected chi connectivity index (χ2v) is 6.40. The first kappa shape index (κ1) is 14.8. The molecule has 1 heterocycles. The number of nitrogens with one attached hydrogen (secondary N) is 1. The number of aryl methyl sites for hydroxylation is 1. The van der Waals surface area contributed by atoms with Gasteiger partial charge in [0.2, 0.25) is 0 Å². The molecule has 0 spiro atoms. The van der Waals surface area contributed by atoms with Crippen molar-refractivity contribution < 1.29 is 0 Å². The Bertz CT molecular complexity index is 360. The van der Waals surface area contributed by atoms with Gasteiger partial charge in [-0.3, -0.25) is 0 Å². The minimum atomic E-state index is 0.611. The first-order valence-electron chi connectivity index (χ1n) is 7.44.